The molecule has 29 heavy (non-hydrogen) atoms. The van der Waals surface area contributed by atoms with E-state index in [0.29, 0.717) is 11.3 Å². The van der Waals surface area contributed by atoms with E-state index in [1.54, 1.807) is 29.2 Å². The fraction of sp³-hybridized carbons (Fsp3) is 0.0526. The van der Waals surface area contributed by atoms with E-state index in [2.05, 4.69) is 4.98 Å². The van der Waals surface area contributed by atoms with E-state index in [1.807, 2.05) is 0 Å². The first-order chi connectivity index (χ1) is 13.9. The van der Waals surface area contributed by atoms with Crippen molar-refractivity contribution in [2.45, 2.75) is 6.61 Å². The highest BCUT2D eigenvalue weighted by Crippen LogP contribution is 2.25. The van der Waals surface area contributed by atoms with Gasteiger partial charge < -0.3 is 9.72 Å². The number of nitrogens with one attached hydrogen (secondary N) is 2. The van der Waals surface area contributed by atoms with Gasteiger partial charge in [-0.15, -0.1) is 0 Å². The second-order valence-electron chi connectivity index (χ2n) is 5.79. The van der Waals surface area contributed by atoms with E-state index in [4.69, 9.17) is 16.3 Å². The monoisotopic (exact) mass is 417 g/mol. The third-order valence-corrected chi connectivity index (χ3v) is 4.26. The first-order valence-electron chi connectivity index (χ1n) is 8.20. The summed E-state index contributed by atoms with van der Waals surface area (Å²) in [6, 6.07) is 10.9. The average molecular weight is 418 g/mol. The van der Waals surface area contributed by atoms with Crippen molar-refractivity contribution in [2.75, 3.05) is 0 Å². The van der Waals surface area contributed by atoms with E-state index in [1.165, 1.54) is 30.4 Å². The highest BCUT2D eigenvalue weighted by molar-refractivity contribution is 6.31. The number of aromatic amines is 2. The molecule has 0 atom stereocenters. The van der Waals surface area contributed by atoms with Gasteiger partial charge in [-0.3, -0.25) is 19.9 Å². The van der Waals surface area contributed by atoms with Crippen molar-refractivity contribution in [1.82, 2.24) is 9.97 Å². The van der Waals surface area contributed by atoms with Gasteiger partial charge in [-0.2, -0.15) is 0 Å². The van der Waals surface area contributed by atoms with Crippen molar-refractivity contribution in [3.63, 3.8) is 0 Å². The van der Waals surface area contributed by atoms with Crippen LogP contribution < -0.4 is 16.0 Å². The van der Waals surface area contributed by atoms with Crippen LogP contribution in [0.1, 0.15) is 16.8 Å². The lowest BCUT2D eigenvalue weighted by Gasteiger charge is -2.11. The Morgan fingerprint density at radius 3 is 2.59 bits per heavy atom. The number of hydrogen-bond acceptors (Lipinski definition) is 5. The van der Waals surface area contributed by atoms with Gasteiger partial charge in [-0.1, -0.05) is 35.9 Å². The average Bonchev–Trinajstić information content (AvgIpc) is 2.66. The van der Waals surface area contributed by atoms with Crippen molar-refractivity contribution in [3.05, 3.63) is 101 Å². The molecule has 10 heteroatoms. The number of para-hydroxylation sites is 1. The Morgan fingerprint density at radius 1 is 1.10 bits per heavy atom. The van der Waals surface area contributed by atoms with Gasteiger partial charge in [0.1, 0.15) is 23.9 Å². The van der Waals surface area contributed by atoms with E-state index >= 15 is 0 Å². The minimum absolute atomic E-state index is 0.141. The van der Waals surface area contributed by atoms with Gasteiger partial charge in [-0.25, -0.2) is 9.18 Å². The lowest BCUT2D eigenvalue weighted by Crippen LogP contribution is -2.25. The van der Waals surface area contributed by atoms with Gasteiger partial charge in [-0.05, 0) is 30.4 Å². The zero-order valence-corrected chi connectivity index (χ0v) is 15.4. The Kier molecular flexibility index (Phi) is 5.89. The molecule has 0 saturated heterocycles. The maximum atomic E-state index is 13.9. The summed E-state index contributed by atoms with van der Waals surface area (Å²) in [6.07, 6.45) is 2.64. The predicted molar refractivity (Wildman–Crippen MR) is 105 cm³/mol. The van der Waals surface area contributed by atoms with Crippen LogP contribution in [0.2, 0.25) is 5.02 Å². The van der Waals surface area contributed by atoms with E-state index < -0.39 is 27.7 Å². The van der Waals surface area contributed by atoms with E-state index in [0.717, 1.165) is 0 Å². The number of benzene rings is 2. The quantitative estimate of drug-likeness (QED) is 0.470. The van der Waals surface area contributed by atoms with Gasteiger partial charge >= 0.3 is 16.9 Å². The van der Waals surface area contributed by atoms with E-state index in [-0.39, 0.29) is 22.9 Å². The number of nitrogens with zero attached hydrogens (tertiary/aromatic N) is 1. The van der Waals surface area contributed by atoms with Crippen LogP contribution in [0.4, 0.5) is 10.1 Å². The standard InChI is InChI=1S/C19H13ClFN3O5/c20-13-5-3-6-14(21)12(13)10-29-16-7-2-1-4-11(16)8-9-15-17(24(27)28)18(25)23-19(26)22-15/h1-9H,10H2,(H2,22,23,25,26). The summed E-state index contributed by atoms with van der Waals surface area (Å²) < 4.78 is 19.6. The topological polar surface area (TPSA) is 118 Å². The van der Waals surface area contributed by atoms with Crippen molar-refractivity contribution in [2.24, 2.45) is 0 Å². The minimum Gasteiger partial charge on any atom is -0.488 e. The predicted octanol–water partition coefficient (Wildman–Crippen LogP) is 3.51. The lowest BCUT2D eigenvalue weighted by molar-refractivity contribution is -0.386. The zero-order chi connectivity index (χ0) is 21.0. The van der Waals surface area contributed by atoms with Crippen LogP contribution in [0, 0.1) is 15.9 Å². The molecule has 0 radical (unpaired) electrons. The number of rotatable bonds is 6. The fourth-order valence-electron chi connectivity index (χ4n) is 2.54. The number of ether oxygens (including phenoxy) is 1. The second-order valence-corrected chi connectivity index (χ2v) is 6.19. The summed E-state index contributed by atoms with van der Waals surface area (Å²) in [5.74, 6) is -0.167. The Hall–Kier alpha value is -3.72. The summed E-state index contributed by atoms with van der Waals surface area (Å²) >= 11 is 5.99. The molecule has 8 nitrogen and oxygen atoms in total. The van der Waals surface area contributed by atoms with Crippen molar-refractivity contribution >= 4 is 29.4 Å². The molecule has 0 amide bonds. The Balaban J connectivity index is 1.92. The number of nitro groups is 1. The number of hydrogen-bond donors (Lipinski definition) is 2. The molecule has 1 heterocycles. The first kappa shape index (κ1) is 20.0. The molecule has 0 spiro atoms. The van der Waals surface area contributed by atoms with Gasteiger partial charge in [0.2, 0.25) is 0 Å². The molecule has 1 aromatic heterocycles. The van der Waals surface area contributed by atoms with Crippen LogP contribution in [0.5, 0.6) is 5.75 Å². The SMILES string of the molecule is O=c1[nH]c(C=Cc2ccccc2OCc2c(F)cccc2Cl)c([N+](=O)[O-])c(=O)[nH]1. The van der Waals surface area contributed by atoms with Gasteiger partial charge in [0.15, 0.2) is 0 Å². The molecular weight excluding hydrogens is 405 g/mol. The molecule has 0 fully saturated rings. The third-order valence-electron chi connectivity index (χ3n) is 3.91. The molecular formula is C19H13ClFN3O5. The molecule has 0 saturated carbocycles. The Labute approximate surface area is 167 Å². The van der Waals surface area contributed by atoms with Crippen LogP contribution in [0.15, 0.2) is 52.1 Å². The fourth-order valence-corrected chi connectivity index (χ4v) is 2.76. The van der Waals surface area contributed by atoms with Crippen molar-refractivity contribution in [3.8, 4) is 5.75 Å². The van der Waals surface area contributed by atoms with Crippen LogP contribution in [-0.4, -0.2) is 14.9 Å². The van der Waals surface area contributed by atoms with Crippen LogP contribution in [0.25, 0.3) is 12.2 Å². The summed E-state index contributed by atoms with van der Waals surface area (Å²) in [6.45, 7) is -0.141. The number of aromatic nitrogens is 2. The molecule has 3 aromatic rings. The molecule has 2 N–H and O–H groups in total. The minimum atomic E-state index is -1.11. The molecule has 3 rings (SSSR count). The van der Waals surface area contributed by atoms with Crippen LogP contribution in [-0.2, 0) is 6.61 Å². The molecule has 0 bridgehead atoms. The molecule has 0 aliphatic rings. The number of halogens is 2. The van der Waals surface area contributed by atoms with Gasteiger partial charge in [0.05, 0.1) is 9.95 Å². The highest BCUT2D eigenvalue weighted by atomic mass is 35.5. The normalized spacial score (nSPS) is 11.0. The molecule has 0 unspecified atom stereocenters. The molecule has 0 aliphatic carbocycles. The zero-order valence-electron chi connectivity index (χ0n) is 14.6. The molecule has 0 aliphatic heterocycles. The first-order valence-corrected chi connectivity index (χ1v) is 8.58. The molecule has 148 valence electrons. The third kappa shape index (κ3) is 4.58. The summed E-state index contributed by atoms with van der Waals surface area (Å²) in [5.41, 5.74) is -2.39. The Bertz CT molecular complexity index is 1200. The Morgan fingerprint density at radius 2 is 1.86 bits per heavy atom. The maximum Gasteiger partial charge on any atom is 0.357 e. The largest absolute Gasteiger partial charge is 0.488 e. The lowest BCUT2D eigenvalue weighted by atomic mass is 10.1. The van der Waals surface area contributed by atoms with Gasteiger partial charge in [0.25, 0.3) is 0 Å². The molecule has 2 aromatic carbocycles. The maximum absolute atomic E-state index is 13.9. The summed E-state index contributed by atoms with van der Waals surface area (Å²) in [7, 11) is 0. The smallest absolute Gasteiger partial charge is 0.357 e. The van der Waals surface area contributed by atoms with Gasteiger partial charge in [0, 0.05) is 11.1 Å². The van der Waals surface area contributed by atoms with Crippen molar-refractivity contribution < 1.29 is 14.1 Å². The van der Waals surface area contributed by atoms with E-state index in [9.17, 15) is 24.1 Å². The highest BCUT2D eigenvalue weighted by Gasteiger charge is 2.19. The summed E-state index contributed by atoms with van der Waals surface area (Å²) in [4.78, 5) is 37.4. The summed E-state index contributed by atoms with van der Waals surface area (Å²) in [5, 5.41) is 11.3. The second kappa shape index (κ2) is 8.53. The van der Waals surface area contributed by atoms with Crippen LogP contribution >= 0.6 is 11.6 Å². The van der Waals surface area contributed by atoms with Crippen molar-refractivity contribution in [1.29, 1.82) is 0 Å². The number of H-pyrrole nitrogens is 2. The van der Waals surface area contributed by atoms with Crippen LogP contribution in [0.3, 0.4) is 0 Å².